The Kier molecular flexibility index (Phi) is 2.12. The molecule has 2 aromatic heterocycles. The van der Waals surface area contributed by atoms with Crippen LogP contribution in [-0.2, 0) is 0 Å². The van der Waals surface area contributed by atoms with Crippen molar-refractivity contribution in [2.75, 3.05) is 0 Å². The second-order valence-corrected chi connectivity index (χ2v) is 4.98. The SMILES string of the molecule is O=c1[nH]cc([N+](=O)[O-])c2sc(Br)cc12. The number of aromatic nitrogens is 1. The third-order valence-electron chi connectivity index (χ3n) is 1.72. The fraction of sp³-hybridized carbons (Fsp3) is 0. The summed E-state index contributed by atoms with van der Waals surface area (Å²) in [5.41, 5.74) is -0.386. The van der Waals surface area contributed by atoms with Crippen molar-refractivity contribution in [2.24, 2.45) is 0 Å². The van der Waals surface area contributed by atoms with Crippen LogP contribution in [0.15, 0.2) is 20.8 Å². The lowest BCUT2D eigenvalue weighted by Gasteiger charge is -1.91. The molecule has 0 saturated carbocycles. The number of hydrogen-bond donors (Lipinski definition) is 1. The van der Waals surface area contributed by atoms with Crippen LogP contribution in [0.2, 0.25) is 0 Å². The van der Waals surface area contributed by atoms with Crippen molar-refractivity contribution >= 4 is 43.0 Å². The molecule has 0 aromatic carbocycles. The number of H-pyrrole nitrogens is 1. The summed E-state index contributed by atoms with van der Waals surface area (Å²) in [7, 11) is 0. The molecule has 2 heterocycles. The van der Waals surface area contributed by atoms with Crippen molar-refractivity contribution in [1.29, 1.82) is 0 Å². The molecule has 0 aliphatic heterocycles. The van der Waals surface area contributed by atoms with Gasteiger partial charge in [-0.3, -0.25) is 14.9 Å². The Morgan fingerprint density at radius 1 is 1.57 bits per heavy atom. The number of nitrogens with one attached hydrogen (secondary N) is 1. The number of pyridine rings is 1. The number of aromatic amines is 1. The van der Waals surface area contributed by atoms with Gasteiger partial charge in [0.25, 0.3) is 5.56 Å². The fourth-order valence-corrected chi connectivity index (χ4v) is 2.72. The van der Waals surface area contributed by atoms with E-state index in [0.29, 0.717) is 13.9 Å². The van der Waals surface area contributed by atoms with E-state index in [9.17, 15) is 14.9 Å². The van der Waals surface area contributed by atoms with Crippen LogP contribution in [0.4, 0.5) is 5.69 Å². The van der Waals surface area contributed by atoms with E-state index in [4.69, 9.17) is 0 Å². The number of rotatable bonds is 1. The van der Waals surface area contributed by atoms with Crippen LogP contribution in [0.5, 0.6) is 0 Å². The predicted molar refractivity (Wildman–Crippen MR) is 56.8 cm³/mol. The van der Waals surface area contributed by atoms with Crippen molar-refractivity contribution in [3.63, 3.8) is 0 Å². The Labute approximate surface area is 89.7 Å². The van der Waals surface area contributed by atoms with Gasteiger partial charge in [0, 0.05) is 0 Å². The van der Waals surface area contributed by atoms with Gasteiger partial charge in [-0.05, 0) is 22.0 Å². The zero-order chi connectivity index (χ0) is 10.3. The van der Waals surface area contributed by atoms with E-state index in [0.717, 1.165) is 6.20 Å². The van der Waals surface area contributed by atoms with Crippen LogP contribution >= 0.6 is 27.3 Å². The van der Waals surface area contributed by atoms with Crippen molar-refractivity contribution in [1.82, 2.24) is 4.98 Å². The average molecular weight is 275 g/mol. The van der Waals surface area contributed by atoms with Crippen LogP contribution in [0.1, 0.15) is 0 Å². The van der Waals surface area contributed by atoms with Crippen LogP contribution in [0, 0.1) is 10.1 Å². The number of fused-ring (bicyclic) bond motifs is 1. The first-order valence-corrected chi connectivity index (χ1v) is 5.15. The molecule has 2 rings (SSSR count). The molecule has 0 radical (unpaired) electrons. The van der Waals surface area contributed by atoms with E-state index < -0.39 is 4.92 Å². The van der Waals surface area contributed by atoms with E-state index in [1.54, 1.807) is 6.07 Å². The lowest BCUT2D eigenvalue weighted by Crippen LogP contribution is -2.04. The summed E-state index contributed by atoms with van der Waals surface area (Å²) in [6.07, 6.45) is 1.12. The largest absolute Gasteiger partial charge is 0.322 e. The zero-order valence-electron chi connectivity index (χ0n) is 6.61. The van der Waals surface area contributed by atoms with E-state index in [1.165, 1.54) is 11.3 Å². The first kappa shape index (κ1) is 9.35. The van der Waals surface area contributed by atoms with Gasteiger partial charge in [0.2, 0.25) is 0 Å². The van der Waals surface area contributed by atoms with Gasteiger partial charge in [-0.1, -0.05) is 0 Å². The Morgan fingerprint density at radius 3 is 2.93 bits per heavy atom. The number of halogens is 1. The Morgan fingerprint density at radius 2 is 2.29 bits per heavy atom. The Balaban J connectivity index is 2.95. The molecule has 14 heavy (non-hydrogen) atoms. The van der Waals surface area contributed by atoms with E-state index in [-0.39, 0.29) is 11.2 Å². The minimum atomic E-state index is -0.513. The summed E-state index contributed by atoms with van der Waals surface area (Å²) < 4.78 is 1.10. The lowest BCUT2D eigenvalue weighted by atomic mass is 10.3. The van der Waals surface area contributed by atoms with Crippen LogP contribution in [-0.4, -0.2) is 9.91 Å². The molecule has 0 saturated heterocycles. The van der Waals surface area contributed by atoms with Gasteiger partial charge in [-0.25, -0.2) is 0 Å². The molecule has 72 valence electrons. The minimum absolute atomic E-state index is 0.0738. The van der Waals surface area contributed by atoms with E-state index in [2.05, 4.69) is 20.9 Å². The number of thiophene rings is 1. The van der Waals surface area contributed by atoms with Gasteiger partial charge in [-0.15, -0.1) is 11.3 Å². The summed E-state index contributed by atoms with van der Waals surface area (Å²) in [5.74, 6) is 0. The molecule has 7 heteroatoms. The Hall–Kier alpha value is -1.21. The fourth-order valence-electron chi connectivity index (χ4n) is 1.13. The van der Waals surface area contributed by atoms with Crippen LogP contribution in [0.25, 0.3) is 10.1 Å². The van der Waals surface area contributed by atoms with Gasteiger partial charge in [-0.2, -0.15) is 0 Å². The van der Waals surface area contributed by atoms with Crippen LogP contribution in [0.3, 0.4) is 0 Å². The predicted octanol–water partition coefficient (Wildman–Crippen LogP) is 2.26. The highest BCUT2D eigenvalue weighted by Crippen LogP contribution is 2.33. The van der Waals surface area contributed by atoms with Gasteiger partial charge >= 0.3 is 5.69 Å². The molecule has 0 bridgehead atoms. The molecule has 0 aliphatic carbocycles. The normalized spacial score (nSPS) is 10.6. The highest BCUT2D eigenvalue weighted by Gasteiger charge is 2.16. The van der Waals surface area contributed by atoms with Crippen molar-refractivity contribution in [3.8, 4) is 0 Å². The summed E-state index contributed by atoms with van der Waals surface area (Å²) in [5, 5.41) is 11.0. The summed E-state index contributed by atoms with van der Waals surface area (Å²) in [6, 6.07) is 1.58. The molecule has 0 unspecified atom stereocenters. The average Bonchev–Trinajstić information content (AvgIpc) is 2.47. The third kappa shape index (κ3) is 1.34. The second kappa shape index (κ2) is 3.18. The summed E-state index contributed by atoms with van der Waals surface area (Å²) in [4.78, 5) is 23.7. The smallest absolute Gasteiger partial charge is 0.303 e. The molecule has 1 N–H and O–H groups in total. The molecule has 0 spiro atoms. The van der Waals surface area contributed by atoms with E-state index >= 15 is 0 Å². The van der Waals surface area contributed by atoms with Crippen molar-refractivity contribution < 1.29 is 4.92 Å². The highest BCUT2D eigenvalue weighted by atomic mass is 79.9. The van der Waals surface area contributed by atoms with Gasteiger partial charge in [0.05, 0.1) is 20.3 Å². The molecular formula is C7H3BrN2O3S. The number of nitrogens with zero attached hydrogens (tertiary/aromatic N) is 1. The standard InChI is InChI=1S/C7H3BrN2O3S/c8-5-1-3-6(14-5)4(10(12)13)2-9-7(3)11/h1-2H,(H,9,11). The number of nitro groups is 1. The lowest BCUT2D eigenvalue weighted by molar-refractivity contribution is -0.383. The summed E-state index contributed by atoms with van der Waals surface area (Å²) >= 11 is 4.36. The minimum Gasteiger partial charge on any atom is -0.322 e. The molecule has 0 amide bonds. The van der Waals surface area contributed by atoms with E-state index in [1.807, 2.05) is 0 Å². The maximum absolute atomic E-state index is 11.3. The maximum atomic E-state index is 11.3. The molecule has 0 aliphatic rings. The quantitative estimate of drug-likeness (QED) is 0.640. The monoisotopic (exact) mass is 274 g/mol. The molecule has 2 aromatic rings. The third-order valence-corrected chi connectivity index (χ3v) is 3.38. The van der Waals surface area contributed by atoms with Crippen molar-refractivity contribution in [2.45, 2.75) is 0 Å². The van der Waals surface area contributed by atoms with Gasteiger partial charge in [0.1, 0.15) is 4.70 Å². The zero-order valence-corrected chi connectivity index (χ0v) is 9.02. The first-order valence-electron chi connectivity index (χ1n) is 3.54. The summed E-state index contributed by atoms with van der Waals surface area (Å²) in [6.45, 7) is 0. The van der Waals surface area contributed by atoms with Crippen molar-refractivity contribution in [3.05, 3.63) is 36.5 Å². The first-order chi connectivity index (χ1) is 6.59. The molecule has 5 nitrogen and oxygen atoms in total. The number of hydrogen-bond acceptors (Lipinski definition) is 4. The molecule has 0 atom stereocenters. The van der Waals surface area contributed by atoms with Gasteiger partial charge in [0.15, 0.2) is 0 Å². The second-order valence-electron chi connectivity index (χ2n) is 2.55. The van der Waals surface area contributed by atoms with Gasteiger partial charge < -0.3 is 4.98 Å². The molecule has 0 fully saturated rings. The Bertz CT molecular complexity index is 574. The topological polar surface area (TPSA) is 76.0 Å². The highest BCUT2D eigenvalue weighted by molar-refractivity contribution is 9.11. The van der Waals surface area contributed by atoms with Crippen LogP contribution < -0.4 is 5.56 Å². The molecular weight excluding hydrogens is 272 g/mol. The maximum Gasteiger partial charge on any atom is 0.303 e.